The molecule has 5 nitrogen and oxygen atoms in total. The third kappa shape index (κ3) is 2.47. The smallest absolute Gasteiger partial charge is 0.360 e. The fourth-order valence-electron chi connectivity index (χ4n) is 1.85. The van der Waals surface area contributed by atoms with Gasteiger partial charge in [0.2, 0.25) is 0 Å². The van der Waals surface area contributed by atoms with Gasteiger partial charge in [0.1, 0.15) is 5.82 Å². The molecule has 0 N–H and O–H groups in total. The molecule has 0 unspecified atom stereocenters. The van der Waals surface area contributed by atoms with Gasteiger partial charge in [0.25, 0.3) is 0 Å². The lowest BCUT2D eigenvalue weighted by Crippen LogP contribution is -2.10. The summed E-state index contributed by atoms with van der Waals surface area (Å²) in [6.45, 7) is 3.81. The van der Waals surface area contributed by atoms with Gasteiger partial charge in [-0.15, -0.1) is 5.10 Å². The minimum atomic E-state index is -0.550. The third-order valence-electron chi connectivity index (χ3n) is 2.68. The van der Waals surface area contributed by atoms with Gasteiger partial charge in [-0.05, 0) is 24.1 Å². The summed E-state index contributed by atoms with van der Waals surface area (Å²) in [6.07, 6.45) is 0. The fourth-order valence-corrected chi connectivity index (χ4v) is 1.85. The number of methoxy groups -OCH3 is 1. The fraction of sp³-hybridized carbons (Fsp3) is 0.308. The molecular weight excluding hydrogens is 249 g/mol. The molecule has 1 aromatic heterocycles. The lowest BCUT2D eigenvalue weighted by atomic mass is 10.1. The van der Waals surface area contributed by atoms with Crippen molar-refractivity contribution in [3.8, 4) is 5.69 Å². The lowest BCUT2D eigenvalue weighted by molar-refractivity contribution is 0.0592. The van der Waals surface area contributed by atoms with Gasteiger partial charge in [0.05, 0.1) is 18.5 Å². The van der Waals surface area contributed by atoms with Gasteiger partial charge in [-0.3, -0.25) is 0 Å². The van der Waals surface area contributed by atoms with Crippen molar-refractivity contribution in [2.75, 3.05) is 7.11 Å². The first-order valence-corrected chi connectivity index (χ1v) is 5.84. The molecule has 1 aromatic carbocycles. The van der Waals surface area contributed by atoms with E-state index in [1.807, 2.05) is 13.8 Å². The summed E-state index contributed by atoms with van der Waals surface area (Å²) in [7, 11) is 1.29. The molecule has 0 atom stereocenters. The maximum Gasteiger partial charge on any atom is 0.360 e. The summed E-state index contributed by atoms with van der Waals surface area (Å²) in [4.78, 5) is 11.6. The van der Waals surface area contributed by atoms with Crippen LogP contribution in [0.3, 0.4) is 0 Å². The van der Waals surface area contributed by atoms with Gasteiger partial charge in [-0.1, -0.05) is 25.1 Å². The average Bonchev–Trinajstić information content (AvgIpc) is 2.82. The van der Waals surface area contributed by atoms with Crippen molar-refractivity contribution < 1.29 is 13.9 Å². The van der Waals surface area contributed by atoms with Crippen molar-refractivity contribution >= 4 is 5.97 Å². The lowest BCUT2D eigenvalue weighted by Gasteiger charge is -2.10. The number of carbonyl (C=O) groups excluding carboxylic acids is 1. The SMILES string of the molecule is COC(=O)c1nnn(-c2cccc(F)c2)c1C(C)C. The van der Waals surface area contributed by atoms with Crippen LogP contribution in [0.4, 0.5) is 4.39 Å². The van der Waals surface area contributed by atoms with Crippen molar-refractivity contribution in [1.29, 1.82) is 0 Å². The number of ether oxygens (including phenoxy) is 1. The third-order valence-corrected chi connectivity index (χ3v) is 2.68. The number of hydrogen-bond acceptors (Lipinski definition) is 4. The van der Waals surface area contributed by atoms with E-state index < -0.39 is 5.97 Å². The first-order valence-electron chi connectivity index (χ1n) is 5.84. The van der Waals surface area contributed by atoms with Crippen molar-refractivity contribution in [2.45, 2.75) is 19.8 Å². The molecule has 0 saturated heterocycles. The molecular formula is C13H14FN3O2. The molecule has 2 rings (SSSR count). The number of rotatable bonds is 3. The molecule has 0 bridgehead atoms. The number of aromatic nitrogens is 3. The van der Waals surface area contributed by atoms with Crippen LogP contribution >= 0.6 is 0 Å². The maximum atomic E-state index is 13.3. The number of halogens is 1. The van der Waals surface area contributed by atoms with Crippen LogP contribution in [0, 0.1) is 5.82 Å². The highest BCUT2D eigenvalue weighted by molar-refractivity contribution is 5.88. The highest BCUT2D eigenvalue weighted by Crippen LogP contribution is 2.22. The monoisotopic (exact) mass is 263 g/mol. The Hall–Kier alpha value is -2.24. The zero-order valence-electron chi connectivity index (χ0n) is 10.9. The number of hydrogen-bond donors (Lipinski definition) is 0. The van der Waals surface area contributed by atoms with Crippen LogP contribution < -0.4 is 0 Å². The standard InChI is InChI=1S/C13H14FN3O2/c1-8(2)12-11(13(18)19-3)15-16-17(12)10-6-4-5-9(14)7-10/h4-8H,1-3H3. The zero-order chi connectivity index (χ0) is 14.0. The second-order valence-electron chi connectivity index (χ2n) is 4.36. The van der Waals surface area contributed by atoms with Crippen LogP contribution in [0.1, 0.15) is 35.9 Å². The van der Waals surface area contributed by atoms with Crippen LogP contribution in [-0.2, 0) is 4.74 Å². The highest BCUT2D eigenvalue weighted by atomic mass is 19.1. The molecule has 0 aliphatic rings. The van der Waals surface area contributed by atoms with Crippen LogP contribution in [0.5, 0.6) is 0 Å². The van der Waals surface area contributed by atoms with Crippen molar-refractivity contribution in [3.63, 3.8) is 0 Å². The van der Waals surface area contributed by atoms with Gasteiger partial charge in [0, 0.05) is 0 Å². The molecule has 0 amide bonds. The molecule has 1 heterocycles. The molecule has 0 fully saturated rings. The minimum absolute atomic E-state index is 0.00707. The number of carbonyl (C=O) groups is 1. The summed E-state index contributed by atoms with van der Waals surface area (Å²) in [5.74, 6) is -0.930. The first-order chi connectivity index (χ1) is 9.04. The molecule has 6 heteroatoms. The molecule has 0 saturated carbocycles. The molecule has 19 heavy (non-hydrogen) atoms. The zero-order valence-corrected chi connectivity index (χ0v) is 10.9. The molecule has 0 spiro atoms. The van der Waals surface area contributed by atoms with E-state index in [1.54, 1.807) is 12.1 Å². The second kappa shape index (κ2) is 5.17. The van der Waals surface area contributed by atoms with Gasteiger partial charge in [-0.2, -0.15) is 0 Å². The average molecular weight is 263 g/mol. The van der Waals surface area contributed by atoms with Crippen LogP contribution in [0.15, 0.2) is 24.3 Å². The Morgan fingerprint density at radius 3 is 2.74 bits per heavy atom. The van der Waals surface area contributed by atoms with Crippen LogP contribution in [0.25, 0.3) is 5.69 Å². The van der Waals surface area contributed by atoms with Crippen molar-refractivity contribution in [2.24, 2.45) is 0 Å². The first kappa shape index (κ1) is 13.2. The summed E-state index contributed by atoms with van der Waals surface area (Å²) >= 11 is 0. The summed E-state index contributed by atoms with van der Waals surface area (Å²) in [5, 5.41) is 7.75. The topological polar surface area (TPSA) is 57.0 Å². The Labute approximate surface area is 110 Å². The maximum absolute atomic E-state index is 13.3. The van der Waals surface area contributed by atoms with Gasteiger partial charge in [-0.25, -0.2) is 13.9 Å². The number of esters is 1. The van der Waals surface area contributed by atoms with Gasteiger partial charge < -0.3 is 4.74 Å². The van der Waals surface area contributed by atoms with E-state index in [1.165, 1.54) is 23.9 Å². The van der Waals surface area contributed by atoms with Crippen LogP contribution in [-0.4, -0.2) is 28.1 Å². The Kier molecular flexibility index (Phi) is 3.59. The predicted molar refractivity (Wildman–Crippen MR) is 66.7 cm³/mol. The molecule has 0 aliphatic carbocycles. The quantitative estimate of drug-likeness (QED) is 0.797. The van der Waals surface area contributed by atoms with E-state index >= 15 is 0 Å². The highest BCUT2D eigenvalue weighted by Gasteiger charge is 2.23. The Morgan fingerprint density at radius 2 is 2.16 bits per heavy atom. The van der Waals surface area contributed by atoms with Crippen LogP contribution in [0.2, 0.25) is 0 Å². The summed E-state index contributed by atoms with van der Waals surface area (Å²) in [5.41, 5.74) is 1.27. The van der Waals surface area contributed by atoms with Gasteiger partial charge >= 0.3 is 5.97 Å². The van der Waals surface area contributed by atoms with E-state index in [0.717, 1.165) is 0 Å². The Bertz CT molecular complexity index is 608. The molecule has 0 radical (unpaired) electrons. The summed E-state index contributed by atoms with van der Waals surface area (Å²) < 4.78 is 19.4. The normalized spacial score (nSPS) is 10.8. The van der Waals surface area contributed by atoms with E-state index in [4.69, 9.17) is 0 Å². The summed E-state index contributed by atoms with van der Waals surface area (Å²) in [6, 6.07) is 5.96. The number of nitrogens with zero attached hydrogens (tertiary/aromatic N) is 3. The minimum Gasteiger partial charge on any atom is -0.464 e. The van der Waals surface area contributed by atoms with E-state index in [2.05, 4.69) is 15.0 Å². The number of benzene rings is 1. The van der Waals surface area contributed by atoms with E-state index in [9.17, 15) is 9.18 Å². The van der Waals surface area contributed by atoms with Crippen molar-refractivity contribution in [1.82, 2.24) is 15.0 Å². The second-order valence-corrected chi connectivity index (χ2v) is 4.36. The van der Waals surface area contributed by atoms with E-state index in [0.29, 0.717) is 11.4 Å². The molecule has 0 aliphatic heterocycles. The Balaban J connectivity index is 2.58. The molecule has 2 aromatic rings. The Morgan fingerprint density at radius 1 is 1.42 bits per heavy atom. The predicted octanol–water partition coefficient (Wildman–Crippen LogP) is 2.32. The molecule has 100 valence electrons. The van der Waals surface area contributed by atoms with Gasteiger partial charge in [0.15, 0.2) is 5.69 Å². The van der Waals surface area contributed by atoms with E-state index in [-0.39, 0.29) is 17.4 Å². The largest absolute Gasteiger partial charge is 0.464 e. The van der Waals surface area contributed by atoms with Crippen molar-refractivity contribution in [3.05, 3.63) is 41.5 Å².